The summed E-state index contributed by atoms with van der Waals surface area (Å²) in [4.78, 5) is 10.3. The van der Waals surface area contributed by atoms with Gasteiger partial charge in [0.2, 0.25) is 0 Å². The van der Waals surface area contributed by atoms with Crippen molar-refractivity contribution in [3.8, 4) is 11.5 Å². The molecule has 0 amide bonds. The molecule has 21 heavy (non-hydrogen) atoms. The Bertz CT molecular complexity index is 647. The van der Waals surface area contributed by atoms with Crippen molar-refractivity contribution in [2.75, 3.05) is 6.54 Å². The summed E-state index contributed by atoms with van der Waals surface area (Å²) in [5.74, 6) is 0.994. The van der Waals surface area contributed by atoms with Crippen molar-refractivity contribution in [1.82, 2.24) is 5.32 Å². The van der Waals surface area contributed by atoms with Gasteiger partial charge in [-0.25, -0.2) is 0 Å². The lowest BCUT2D eigenvalue weighted by atomic mass is 10.2. The zero-order chi connectivity index (χ0) is 15.2. The number of non-ortho nitro benzene ring substituents is 1. The van der Waals surface area contributed by atoms with E-state index in [2.05, 4.69) is 5.32 Å². The highest BCUT2D eigenvalue weighted by Gasteiger charge is 2.11. The number of nitrogens with one attached hydrogen (secondary N) is 1. The molecular formula is C15H15ClN2O3. The van der Waals surface area contributed by atoms with Gasteiger partial charge in [0.25, 0.3) is 5.69 Å². The minimum absolute atomic E-state index is 0.0113. The van der Waals surface area contributed by atoms with Crippen LogP contribution in [0.1, 0.15) is 12.5 Å². The Morgan fingerprint density at radius 2 is 2.05 bits per heavy atom. The van der Waals surface area contributed by atoms with Crippen molar-refractivity contribution < 1.29 is 9.66 Å². The van der Waals surface area contributed by atoms with E-state index in [4.69, 9.17) is 16.3 Å². The van der Waals surface area contributed by atoms with Crippen molar-refractivity contribution in [3.63, 3.8) is 0 Å². The van der Waals surface area contributed by atoms with E-state index in [1.54, 1.807) is 30.3 Å². The van der Waals surface area contributed by atoms with Gasteiger partial charge < -0.3 is 10.1 Å². The van der Waals surface area contributed by atoms with E-state index in [0.29, 0.717) is 23.1 Å². The Balaban J connectivity index is 2.28. The molecule has 0 aliphatic heterocycles. The maximum Gasteiger partial charge on any atom is 0.273 e. The molecule has 0 spiro atoms. The van der Waals surface area contributed by atoms with Crippen molar-refractivity contribution in [3.05, 3.63) is 63.2 Å². The van der Waals surface area contributed by atoms with E-state index in [-0.39, 0.29) is 5.69 Å². The van der Waals surface area contributed by atoms with E-state index >= 15 is 0 Å². The van der Waals surface area contributed by atoms with E-state index in [1.807, 2.05) is 6.92 Å². The molecule has 2 aromatic rings. The summed E-state index contributed by atoms with van der Waals surface area (Å²) in [5, 5.41) is 14.6. The molecule has 0 atom stereocenters. The summed E-state index contributed by atoms with van der Waals surface area (Å²) in [6.07, 6.45) is 0. The fourth-order valence-corrected chi connectivity index (χ4v) is 2.08. The van der Waals surface area contributed by atoms with Crippen LogP contribution in [0, 0.1) is 10.1 Å². The molecule has 0 saturated carbocycles. The Hall–Kier alpha value is -2.11. The summed E-state index contributed by atoms with van der Waals surface area (Å²) in [5.41, 5.74) is 0.815. The maximum atomic E-state index is 10.8. The molecule has 6 heteroatoms. The highest BCUT2D eigenvalue weighted by atomic mass is 35.5. The first-order chi connectivity index (χ1) is 10.1. The van der Waals surface area contributed by atoms with Gasteiger partial charge >= 0.3 is 0 Å². The van der Waals surface area contributed by atoms with Crippen LogP contribution >= 0.6 is 11.6 Å². The molecule has 5 nitrogen and oxygen atoms in total. The standard InChI is InChI=1S/C15H15ClN2O3/c1-2-17-10-13-14(16)7-4-8-15(13)21-12-6-3-5-11(9-12)18(19)20/h3-9,17H,2,10H2,1H3. The quantitative estimate of drug-likeness (QED) is 0.643. The molecule has 2 rings (SSSR count). The first kappa shape index (κ1) is 15.3. The Labute approximate surface area is 127 Å². The minimum Gasteiger partial charge on any atom is -0.457 e. The smallest absolute Gasteiger partial charge is 0.273 e. The van der Waals surface area contributed by atoms with Crippen LogP contribution in [0.4, 0.5) is 5.69 Å². The van der Waals surface area contributed by atoms with Crippen LogP contribution in [0.2, 0.25) is 5.02 Å². The summed E-state index contributed by atoms with van der Waals surface area (Å²) >= 11 is 6.18. The molecule has 0 saturated heterocycles. The van der Waals surface area contributed by atoms with Gasteiger partial charge in [-0.3, -0.25) is 10.1 Å². The lowest BCUT2D eigenvalue weighted by molar-refractivity contribution is -0.384. The van der Waals surface area contributed by atoms with Crippen LogP contribution in [0.15, 0.2) is 42.5 Å². The lowest BCUT2D eigenvalue weighted by Gasteiger charge is -2.13. The third kappa shape index (κ3) is 3.93. The lowest BCUT2D eigenvalue weighted by Crippen LogP contribution is -2.12. The molecule has 1 N–H and O–H groups in total. The Morgan fingerprint density at radius 3 is 2.76 bits per heavy atom. The zero-order valence-electron chi connectivity index (χ0n) is 11.5. The normalized spacial score (nSPS) is 10.4. The molecule has 2 aromatic carbocycles. The number of nitro groups is 1. The summed E-state index contributed by atoms with van der Waals surface area (Å²) < 4.78 is 5.75. The summed E-state index contributed by atoms with van der Waals surface area (Å²) in [6, 6.07) is 11.4. The van der Waals surface area contributed by atoms with Gasteiger partial charge in [-0.1, -0.05) is 30.7 Å². The van der Waals surface area contributed by atoms with Crippen molar-refractivity contribution in [1.29, 1.82) is 0 Å². The molecule has 0 unspecified atom stereocenters. The average molecular weight is 307 g/mol. The molecule has 110 valence electrons. The van der Waals surface area contributed by atoms with E-state index in [0.717, 1.165) is 12.1 Å². The van der Waals surface area contributed by atoms with Crippen molar-refractivity contribution in [2.45, 2.75) is 13.5 Å². The Morgan fingerprint density at radius 1 is 1.29 bits per heavy atom. The third-order valence-electron chi connectivity index (χ3n) is 2.88. The Kier molecular flexibility index (Phi) is 5.14. The second-order valence-electron chi connectivity index (χ2n) is 4.35. The monoisotopic (exact) mass is 306 g/mol. The highest BCUT2D eigenvalue weighted by Crippen LogP contribution is 2.31. The van der Waals surface area contributed by atoms with E-state index < -0.39 is 4.92 Å². The average Bonchev–Trinajstić information content (AvgIpc) is 2.47. The van der Waals surface area contributed by atoms with Crippen LogP contribution in [-0.2, 0) is 6.54 Å². The summed E-state index contributed by atoms with van der Waals surface area (Å²) in [6.45, 7) is 3.37. The second kappa shape index (κ2) is 7.06. The van der Waals surface area contributed by atoms with Gasteiger partial charge in [-0.05, 0) is 24.7 Å². The predicted octanol–water partition coefficient (Wildman–Crippen LogP) is 4.15. The van der Waals surface area contributed by atoms with Crippen molar-refractivity contribution in [2.24, 2.45) is 0 Å². The van der Waals surface area contributed by atoms with Gasteiger partial charge in [0.05, 0.1) is 11.0 Å². The van der Waals surface area contributed by atoms with Crippen LogP contribution < -0.4 is 10.1 Å². The van der Waals surface area contributed by atoms with Crippen LogP contribution in [0.25, 0.3) is 0 Å². The number of hydrogen-bond donors (Lipinski definition) is 1. The molecule has 0 bridgehead atoms. The largest absolute Gasteiger partial charge is 0.457 e. The first-order valence-corrected chi connectivity index (χ1v) is 6.90. The molecule has 0 aromatic heterocycles. The highest BCUT2D eigenvalue weighted by molar-refractivity contribution is 6.31. The number of nitrogens with zero attached hydrogens (tertiary/aromatic N) is 1. The first-order valence-electron chi connectivity index (χ1n) is 6.52. The number of rotatable bonds is 6. The summed E-state index contributed by atoms with van der Waals surface area (Å²) in [7, 11) is 0. The predicted molar refractivity (Wildman–Crippen MR) is 82.0 cm³/mol. The van der Waals surface area contributed by atoms with Gasteiger partial charge in [0.15, 0.2) is 0 Å². The number of nitro benzene ring substituents is 1. The fourth-order valence-electron chi connectivity index (χ4n) is 1.84. The van der Waals surface area contributed by atoms with Crippen LogP contribution in [0.3, 0.4) is 0 Å². The van der Waals surface area contributed by atoms with Crippen molar-refractivity contribution >= 4 is 17.3 Å². The van der Waals surface area contributed by atoms with Gasteiger partial charge in [0, 0.05) is 23.2 Å². The molecule has 0 aliphatic carbocycles. The van der Waals surface area contributed by atoms with E-state index in [1.165, 1.54) is 12.1 Å². The minimum atomic E-state index is -0.454. The van der Waals surface area contributed by atoms with Gasteiger partial charge in [-0.15, -0.1) is 0 Å². The zero-order valence-corrected chi connectivity index (χ0v) is 12.3. The molecule has 0 fully saturated rings. The van der Waals surface area contributed by atoms with Gasteiger partial charge in [-0.2, -0.15) is 0 Å². The van der Waals surface area contributed by atoms with Crippen LogP contribution in [-0.4, -0.2) is 11.5 Å². The molecule has 0 heterocycles. The van der Waals surface area contributed by atoms with Gasteiger partial charge in [0.1, 0.15) is 11.5 Å². The molecule has 0 radical (unpaired) electrons. The number of ether oxygens (including phenoxy) is 1. The maximum absolute atomic E-state index is 10.8. The topological polar surface area (TPSA) is 64.4 Å². The van der Waals surface area contributed by atoms with Crippen LogP contribution in [0.5, 0.6) is 11.5 Å². The third-order valence-corrected chi connectivity index (χ3v) is 3.24. The van der Waals surface area contributed by atoms with E-state index in [9.17, 15) is 10.1 Å². The second-order valence-corrected chi connectivity index (χ2v) is 4.76. The number of benzene rings is 2. The SMILES string of the molecule is CCNCc1c(Cl)cccc1Oc1cccc([N+](=O)[O-])c1. The fraction of sp³-hybridized carbons (Fsp3) is 0.200. The molecular weight excluding hydrogens is 292 g/mol. The number of halogens is 1. The number of hydrogen-bond acceptors (Lipinski definition) is 4. The molecule has 0 aliphatic rings.